The van der Waals surface area contributed by atoms with Gasteiger partial charge in [-0.05, 0) is 24.7 Å². The second-order valence-corrected chi connectivity index (χ2v) is 4.27. The molecule has 1 saturated carbocycles. The monoisotopic (exact) mass is 206 g/mol. The Morgan fingerprint density at radius 2 is 2.00 bits per heavy atom. The highest BCUT2D eigenvalue weighted by Gasteiger charge is 2.36. The van der Waals surface area contributed by atoms with E-state index in [1.54, 1.807) is 0 Å². The van der Waals surface area contributed by atoms with E-state index in [9.17, 15) is 13.6 Å². The van der Waals surface area contributed by atoms with Gasteiger partial charge in [-0.25, -0.2) is 8.78 Å². The first-order valence-corrected chi connectivity index (χ1v) is 5.00. The van der Waals surface area contributed by atoms with Crippen molar-refractivity contribution in [2.75, 3.05) is 0 Å². The second-order valence-electron chi connectivity index (χ2n) is 4.27. The van der Waals surface area contributed by atoms with Gasteiger partial charge >= 0.3 is 5.97 Å². The van der Waals surface area contributed by atoms with Crippen molar-refractivity contribution in [2.45, 2.75) is 45.0 Å². The van der Waals surface area contributed by atoms with Gasteiger partial charge in [-0.3, -0.25) is 4.79 Å². The predicted octanol–water partition coefficient (Wildman–Crippen LogP) is 2.92. The standard InChI is InChI=1S/C10H16F2O2/c1-7(6-9(13)14)8-2-4-10(11,12)5-3-8/h7-8H,2-6H2,1H3,(H,13,14). The summed E-state index contributed by atoms with van der Waals surface area (Å²) in [5.41, 5.74) is 0. The second kappa shape index (κ2) is 4.24. The van der Waals surface area contributed by atoms with E-state index in [-0.39, 0.29) is 31.1 Å². The molecule has 1 aliphatic rings. The maximum atomic E-state index is 12.8. The summed E-state index contributed by atoms with van der Waals surface area (Å²) >= 11 is 0. The molecule has 0 bridgehead atoms. The molecule has 1 fully saturated rings. The molecule has 14 heavy (non-hydrogen) atoms. The summed E-state index contributed by atoms with van der Waals surface area (Å²) in [5, 5.41) is 8.57. The smallest absolute Gasteiger partial charge is 0.303 e. The number of halogens is 2. The van der Waals surface area contributed by atoms with Gasteiger partial charge in [0, 0.05) is 19.3 Å². The van der Waals surface area contributed by atoms with E-state index in [1.807, 2.05) is 6.92 Å². The van der Waals surface area contributed by atoms with Crippen molar-refractivity contribution in [3.63, 3.8) is 0 Å². The molecule has 0 amide bonds. The van der Waals surface area contributed by atoms with Crippen molar-refractivity contribution in [3.05, 3.63) is 0 Å². The minimum atomic E-state index is -2.51. The molecule has 1 N–H and O–H groups in total. The van der Waals surface area contributed by atoms with E-state index in [1.165, 1.54) is 0 Å². The minimum absolute atomic E-state index is 0.0172. The summed E-state index contributed by atoms with van der Waals surface area (Å²) in [5.74, 6) is -3.18. The van der Waals surface area contributed by atoms with Crippen molar-refractivity contribution >= 4 is 5.97 Å². The van der Waals surface area contributed by atoms with Crippen LogP contribution in [-0.4, -0.2) is 17.0 Å². The maximum absolute atomic E-state index is 12.8. The number of hydrogen-bond donors (Lipinski definition) is 1. The minimum Gasteiger partial charge on any atom is -0.481 e. The first kappa shape index (κ1) is 11.4. The van der Waals surface area contributed by atoms with E-state index in [0.29, 0.717) is 12.8 Å². The molecule has 0 saturated heterocycles. The van der Waals surface area contributed by atoms with Crippen LogP contribution in [0.4, 0.5) is 8.78 Å². The lowest BCUT2D eigenvalue weighted by Crippen LogP contribution is -2.28. The number of hydrogen-bond acceptors (Lipinski definition) is 1. The molecule has 82 valence electrons. The summed E-state index contributed by atoms with van der Waals surface area (Å²) in [7, 11) is 0. The zero-order valence-electron chi connectivity index (χ0n) is 8.30. The summed E-state index contributed by atoms with van der Waals surface area (Å²) in [6.07, 6.45) is 0.850. The van der Waals surface area contributed by atoms with Crippen molar-refractivity contribution in [3.8, 4) is 0 Å². The fourth-order valence-electron chi connectivity index (χ4n) is 2.07. The van der Waals surface area contributed by atoms with Crippen molar-refractivity contribution in [1.82, 2.24) is 0 Å². The Morgan fingerprint density at radius 3 is 2.43 bits per heavy atom. The molecule has 1 rings (SSSR count). The van der Waals surface area contributed by atoms with Crippen LogP contribution < -0.4 is 0 Å². The number of carbonyl (C=O) groups is 1. The molecule has 0 aromatic carbocycles. The Bertz CT molecular complexity index is 206. The summed E-state index contributed by atoms with van der Waals surface area (Å²) in [4.78, 5) is 10.4. The van der Waals surface area contributed by atoms with Crippen LogP contribution in [0.2, 0.25) is 0 Å². The zero-order valence-corrected chi connectivity index (χ0v) is 8.30. The fourth-order valence-corrected chi connectivity index (χ4v) is 2.07. The first-order valence-electron chi connectivity index (χ1n) is 5.00. The van der Waals surface area contributed by atoms with Gasteiger partial charge in [0.15, 0.2) is 0 Å². The third kappa shape index (κ3) is 3.24. The number of aliphatic carboxylic acids is 1. The number of carboxylic acids is 1. The summed E-state index contributed by atoms with van der Waals surface area (Å²) < 4.78 is 25.6. The van der Waals surface area contributed by atoms with Gasteiger partial charge < -0.3 is 5.11 Å². The van der Waals surface area contributed by atoms with E-state index in [0.717, 1.165) is 0 Å². The van der Waals surface area contributed by atoms with Gasteiger partial charge in [0.2, 0.25) is 5.92 Å². The van der Waals surface area contributed by atoms with Gasteiger partial charge in [0.05, 0.1) is 0 Å². The van der Waals surface area contributed by atoms with Crippen molar-refractivity contribution < 1.29 is 18.7 Å². The highest BCUT2D eigenvalue weighted by Crippen LogP contribution is 2.39. The van der Waals surface area contributed by atoms with Crippen LogP contribution in [0.5, 0.6) is 0 Å². The lowest BCUT2D eigenvalue weighted by molar-refractivity contribution is -0.138. The van der Waals surface area contributed by atoms with E-state index < -0.39 is 11.9 Å². The quantitative estimate of drug-likeness (QED) is 0.770. The van der Waals surface area contributed by atoms with Gasteiger partial charge in [0.25, 0.3) is 0 Å². The Morgan fingerprint density at radius 1 is 1.50 bits per heavy atom. The first-order chi connectivity index (χ1) is 6.41. The van der Waals surface area contributed by atoms with Crippen LogP contribution in [0.25, 0.3) is 0 Å². The normalized spacial score (nSPS) is 24.5. The van der Waals surface area contributed by atoms with Gasteiger partial charge in [0.1, 0.15) is 0 Å². The molecule has 4 heteroatoms. The molecule has 2 nitrogen and oxygen atoms in total. The molecule has 0 radical (unpaired) electrons. The van der Waals surface area contributed by atoms with E-state index in [2.05, 4.69) is 0 Å². The van der Waals surface area contributed by atoms with Gasteiger partial charge in [-0.2, -0.15) is 0 Å². The van der Waals surface area contributed by atoms with Crippen LogP contribution in [0.3, 0.4) is 0 Å². The molecule has 0 heterocycles. The van der Waals surface area contributed by atoms with Gasteiger partial charge in [-0.1, -0.05) is 6.92 Å². The molecule has 0 aromatic heterocycles. The Labute approximate surface area is 82.3 Å². The fraction of sp³-hybridized carbons (Fsp3) is 0.900. The third-order valence-corrected chi connectivity index (χ3v) is 3.06. The Kier molecular flexibility index (Phi) is 3.45. The Balaban J connectivity index is 2.37. The number of carboxylic acid groups (broad SMARTS) is 1. The molecule has 1 atom stereocenters. The van der Waals surface area contributed by atoms with Crippen LogP contribution in [0, 0.1) is 11.8 Å². The van der Waals surface area contributed by atoms with Crippen LogP contribution >= 0.6 is 0 Å². The van der Waals surface area contributed by atoms with Crippen molar-refractivity contribution in [1.29, 1.82) is 0 Å². The van der Waals surface area contributed by atoms with E-state index in [4.69, 9.17) is 5.11 Å². The predicted molar refractivity (Wildman–Crippen MR) is 48.3 cm³/mol. The van der Waals surface area contributed by atoms with Crippen LogP contribution in [0.1, 0.15) is 39.0 Å². The molecular weight excluding hydrogens is 190 g/mol. The lowest BCUT2D eigenvalue weighted by atomic mass is 9.78. The highest BCUT2D eigenvalue weighted by molar-refractivity contribution is 5.66. The highest BCUT2D eigenvalue weighted by atomic mass is 19.3. The Hall–Kier alpha value is -0.670. The largest absolute Gasteiger partial charge is 0.481 e. The molecule has 0 aromatic rings. The topological polar surface area (TPSA) is 37.3 Å². The summed E-state index contributed by atoms with van der Waals surface area (Å²) in [6, 6.07) is 0. The molecule has 1 unspecified atom stereocenters. The molecule has 1 aliphatic carbocycles. The number of rotatable bonds is 3. The van der Waals surface area contributed by atoms with Crippen LogP contribution in [0.15, 0.2) is 0 Å². The van der Waals surface area contributed by atoms with Gasteiger partial charge in [-0.15, -0.1) is 0 Å². The maximum Gasteiger partial charge on any atom is 0.303 e. The lowest BCUT2D eigenvalue weighted by Gasteiger charge is -2.31. The molecule has 0 aliphatic heterocycles. The summed E-state index contributed by atoms with van der Waals surface area (Å²) in [6.45, 7) is 1.84. The molecule has 0 spiro atoms. The molecular formula is C10H16F2O2. The SMILES string of the molecule is CC(CC(=O)O)C1CCC(F)(F)CC1. The average Bonchev–Trinajstić information content (AvgIpc) is 2.02. The third-order valence-electron chi connectivity index (χ3n) is 3.06. The number of alkyl halides is 2. The zero-order chi connectivity index (χ0) is 10.8. The van der Waals surface area contributed by atoms with Crippen LogP contribution in [-0.2, 0) is 4.79 Å². The average molecular weight is 206 g/mol. The van der Waals surface area contributed by atoms with Crippen molar-refractivity contribution in [2.24, 2.45) is 11.8 Å². The van der Waals surface area contributed by atoms with E-state index >= 15 is 0 Å².